The van der Waals surface area contributed by atoms with Crippen molar-refractivity contribution in [3.8, 4) is 11.4 Å². The number of pyridine rings is 1. The summed E-state index contributed by atoms with van der Waals surface area (Å²) < 4.78 is 20.3. The summed E-state index contributed by atoms with van der Waals surface area (Å²) in [5.74, 6) is 0.195. The van der Waals surface area contributed by atoms with Crippen LogP contribution in [0, 0.1) is 5.82 Å². The highest BCUT2D eigenvalue weighted by Crippen LogP contribution is 2.37. The van der Waals surface area contributed by atoms with E-state index in [1.807, 2.05) is 20.8 Å². The Kier molecular flexibility index (Phi) is 5.40. The zero-order valence-corrected chi connectivity index (χ0v) is 18.6. The van der Waals surface area contributed by atoms with Gasteiger partial charge in [0.05, 0.1) is 27.3 Å². The van der Waals surface area contributed by atoms with Crippen LogP contribution in [0.1, 0.15) is 27.2 Å². The van der Waals surface area contributed by atoms with E-state index >= 15 is 0 Å². The maximum absolute atomic E-state index is 14.1. The molecule has 2 aromatic heterocycles. The number of hydrogen-bond donors (Lipinski definition) is 2. The average Bonchev–Trinajstić information content (AvgIpc) is 3.27. The number of amides is 1. The van der Waals surface area contributed by atoms with Crippen molar-refractivity contribution >= 4 is 38.7 Å². The minimum Gasteiger partial charge on any atom is -0.444 e. The number of fused-ring (bicyclic) bond motifs is 1. The van der Waals surface area contributed by atoms with Crippen molar-refractivity contribution in [3.63, 3.8) is 0 Å². The second kappa shape index (κ2) is 7.86. The normalized spacial score (nSPS) is 16.8. The molecule has 1 saturated heterocycles. The largest absolute Gasteiger partial charge is 0.444 e. The number of para-hydroxylation sites is 1. The summed E-state index contributed by atoms with van der Waals surface area (Å²) in [6, 6.07) is 4.76. The molecular weight excluding hydrogens is 453 g/mol. The van der Waals surface area contributed by atoms with E-state index in [9.17, 15) is 9.18 Å². The number of halogens is 2. The van der Waals surface area contributed by atoms with Crippen LogP contribution in [0.5, 0.6) is 0 Å². The number of benzene rings is 1. The zero-order valence-electron chi connectivity index (χ0n) is 17.0. The first-order valence-electron chi connectivity index (χ1n) is 9.74. The lowest BCUT2D eigenvalue weighted by Gasteiger charge is -2.24. The molecule has 1 amide bonds. The Morgan fingerprint density at radius 3 is 2.90 bits per heavy atom. The van der Waals surface area contributed by atoms with Crippen LogP contribution in [0.3, 0.4) is 0 Å². The van der Waals surface area contributed by atoms with E-state index in [-0.39, 0.29) is 11.9 Å². The Morgan fingerprint density at radius 1 is 1.37 bits per heavy atom. The van der Waals surface area contributed by atoms with Crippen LogP contribution in [0.15, 0.2) is 35.1 Å². The second-order valence-corrected chi connectivity index (χ2v) is 9.17. The van der Waals surface area contributed by atoms with Crippen molar-refractivity contribution in [2.24, 2.45) is 0 Å². The van der Waals surface area contributed by atoms with Crippen molar-refractivity contribution in [1.82, 2.24) is 20.3 Å². The fourth-order valence-corrected chi connectivity index (χ4v) is 4.18. The van der Waals surface area contributed by atoms with Crippen LogP contribution < -0.4 is 10.2 Å². The summed E-state index contributed by atoms with van der Waals surface area (Å²) in [5.41, 5.74) is 2.04. The Balaban J connectivity index is 1.59. The molecule has 3 aromatic rings. The molecule has 1 aliphatic rings. The summed E-state index contributed by atoms with van der Waals surface area (Å²) in [4.78, 5) is 26.2. The lowest BCUT2D eigenvalue weighted by atomic mass is 10.2. The van der Waals surface area contributed by atoms with Crippen LogP contribution >= 0.6 is 15.9 Å². The predicted octanol–water partition coefficient (Wildman–Crippen LogP) is 4.63. The van der Waals surface area contributed by atoms with E-state index in [2.05, 4.69) is 41.1 Å². The van der Waals surface area contributed by atoms with Gasteiger partial charge in [0.2, 0.25) is 0 Å². The standard InChI is InChI=1S/C21H23BrFN5O2/c1-21(2,3)30-20(29)25-12-7-8-28(11-12)18-13(9-24-10-14(18)22)19-26-16-6-4-5-15(23)17(16)27-19/h4-6,9-10,12H,7-8,11H2,1-3H3,(H,25,29)(H,26,27)/t12-/m0/s1. The number of H-pyrrole nitrogens is 1. The van der Waals surface area contributed by atoms with Gasteiger partial charge in [0.1, 0.15) is 22.8 Å². The zero-order chi connectivity index (χ0) is 21.5. The van der Waals surface area contributed by atoms with Crippen molar-refractivity contribution in [2.45, 2.75) is 38.8 Å². The second-order valence-electron chi connectivity index (χ2n) is 8.31. The molecule has 0 aliphatic carbocycles. The van der Waals surface area contributed by atoms with E-state index in [0.717, 1.165) is 28.7 Å². The number of nitrogens with one attached hydrogen (secondary N) is 2. The SMILES string of the molecule is CC(C)(C)OC(=O)N[C@H]1CCN(c2c(Br)cncc2-c2nc3cccc(F)c3[nH]2)C1. The first kappa shape index (κ1) is 20.6. The third-order valence-corrected chi connectivity index (χ3v) is 5.40. The average molecular weight is 476 g/mol. The summed E-state index contributed by atoms with van der Waals surface area (Å²) in [5, 5.41) is 2.94. The van der Waals surface area contributed by atoms with E-state index in [4.69, 9.17) is 4.74 Å². The molecule has 7 nitrogen and oxygen atoms in total. The van der Waals surface area contributed by atoms with Crippen LogP contribution in [0.25, 0.3) is 22.4 Å². The van der Waals surface area contributed by atoms with Crippen LogP contribution in [-0.4, -0.2) is 45.8 Å². The van der Waals surface area contributed by atoms with Crippen molar-refractivity contribution in [1.29, 1.82) is 0 Å². The highest BCUT2D eigenvalue weighted by molar-refractivity contribution is 9.10. The first-order valence-corrected chi connectivity index (χ1v) is 10.5. The molecule has 0 saturated carbocycles. The van der Waals surface area contributed by atoms with Gasteiger partial charge in [0.25, 0.3) is 0 Å². The van der Waals surface area contributed by atoms with Gasteiger partial charge in [-0.1, -0.05) is 6.07 Å². The molecule has 0 radical (unpaired) electrons. The minimum atomic E-state index is -0.541. The number of nitrogens with zero attached hydrogens (tertiary/aromatic N) is 3. The molecule has 1 atom stereocenters. The van der Waals surface area contributed by atoms with Gasteiger partial charge in [-0.2, -0.15) is 0 Å². The molecule has 0 spiro atoms. The Labute approximate surface area is 182 Å². The fraction of sp³-hybridized carbons (Fsp3) is 0.381. The van der Waals surface area contributed by atoms with Gasteiger partial charge in [-0.05, 0) is 55.3 Å². The molecule has 1 aromatic carbocycles. The first-order chi connectivity index (χ1) is 14.2. The van der Waals surface area contributed by atoms with E-state index < -0.39 is 11.7 Å². The fourth-order valence-electron chi connectivity index (χ4n) is 3.60. The summed E-state index contributed by atoms with van der Waals surface area (Å²) in [6.07, 6.45) is 3.79. The Hall–Kier alpha value is -2.68. The van der Waals surface area contributed by atoms with Crippen molar-refractivity contribution in [3.05, 3.63) is 40.9 Å². The summed E-state index contributed by atoms with van der Waals surface area (Å²) in [7, 11) is 0. The van der Waals surface area contributed by atoms with Gasteiger partial charge in [-0.3, -0.25) is 4.98 Å². The van der Waals surface area contributed by atoms with Gasteiger partial charge in [-0.25, -0.2) is 14.2 Å². The number of carbonyl (C=O) groups excluding carboxylic acids is 1. The lowest BCUT2D eigenvalue weighted by molar-refractivity contribution is 0.0509. The maximum Gasteiger partial charge on any atom is 0.407 e. The smallest absolute Gasteiger partial charge is 0.407 e. The molecule has 1 fully saturated rings. The molecule has 4 rings (SSSR count). The van der Waals surface area contributed by atoms with Gasteiger partial charge < -0.3 is 19.9 Å². The molecule has 0 bridgehead atoms. The highest BCUT2D eigenvalue weighted by Gasteiger charge is 2.29. The van der Waals surface area contributed by atoms with Gasteiger partial charge >= 0.3 is 6.09 Å². The highest BCUT2D eigenvalue weighted by atomic mass is 79.9. The maximum atomic E-state index is 14.1. The molecule has 0 unspecified atom stereocenters. The Bertz CT molecular complexity index is 1090. The van der Waals surface area contributed by atoms with E-state index in [0.29, 0.717) is 23.4 Å². The Morgan fingerprint density at radius 2 is 2.17 bits per heavy atom. The van der Waals surface area contributed by atoms with Crippen LogP contribution in [0.4, 0.5) is 14.9 Å². The number of rotatable bonds is 3. The topological polar surface area (TPSA) is 83.1 Å². The molecular formula is C21H23BrFN5O2. The number of aromatic amines is 1. The van der Waals surface area contributed by atoms with Gasteiger partial charge in [0, 0.05) is 25.5 Å². The van der Waals surface area contributed by atoms with Crippen molar-refractivity contribution in [2.75, 3.05) is 18.0 Å². The summed E-state index contributed by atoms with van der Waals surface area (Å²) in [6.45, 7) is 6.87. The number of carbonyl (C=O) groups is 1. The third-order valence-electron chi connectivity index (χ3n) is 4.82. The van der Waals surface area contributed by atoms with Gasteiger partial charge in [-0.15, -0.1) is 0 Å². The molecule has 9 heteroatoms. The number of ether oxygens (including phenoxy) is 1. The monoisotopic (exact) mass is 475 g/mol. The van der Waals surface area contributed by atoms with Crippen molar-refractivity contribution < 1.29 is 13.9 Å². The van der Waals surface area contributed by atoms with E-state index in [1.165, 1.54) is 6.07 Å². The summed E-state index contributed by atoms with van der Waals surface area (Å²) >= 11 is 3.59. The quantitative estimate of drug-likeness (QED) is 0.576. The molecule has 1 aliphatic heterocycles. The molecule has 158 valence electrons. The van der Waals surface area contributed by atoms with Crippen LogP contribution in [-0.2, 0) is 4.74 Å². The number of hydrogen-bond acceptors (Lipinski definition) is 5. The van der Waals surface area contributed by atoms with Gasteiger partial charge in [0.15, 0.2) is 0 Å². The number of alkyl carbamates (subject to hydrolysis) is 1. The van der Waals surface area contributed by atoms with Crippen LogP contribution in [0.2, 0.25) is 0 Å². The third kappa shape index (κ3) is 4.26. The predicted molar refractivity (Wildman–Crippen MR) is 117 cm³/mol. The number of imidazole rings is 1. The lowest BCUT2D eigenvalue weighted by Crippen LogP contribution is -2.40. The minimum absolute atomic E-state index is 0.0408. The number of anilines is 1. The molecule has 3 heterocycles. The number of aromatic nitrogens is 3. The molecule has 30 heavy (non-hydrogen) atoms. The van der Waals surface area contributed by atoms with E-state index in [1.54, 1.807) is 24.5 Å². The molecule has 2 N–H and O–H groups in total.